The molecule has 2 unspecified atom stereocenters. The molecule has 2 atom stereocenters. The molecule has 3 nitrogen and oxygen atoms in total. The Hall–Kier alpha value is -1.84. The third-order valence-corrected chi connectivity index (χ3v) is 8.72. The zero-order valence-electron chi connectivity index (χ0n) is 22.7. The van der Waals surface area contributed by atoms with E-state index in [1.807, 2.05) is 0 Å². The molecule has 3 heteroatoms. The van der Waals surface area contributed by atoms with Crippen LogP contribution in [-0.2, 0) is 6.42 Å². The number of benzene rings is 2. The number of nitrogens with zero attached hydrogens (tertiary/aromatic N) is 1. The third-order valence-electron chi connectivity index (χ3n) is 8.72. The summed E-state index contributed by atoms with van der Waals surface area (Å²) in [6.07, 6.45) is 10.0. The van der Waals surface area contributed by atoms with Crippen LogP contribution in [0.3, 0.4) is 0 Å². The van der Waals surface area contributed by atoms with E-state index >= 15 is 0 Å². The third kappa shape index (κ3) is 6.68. The average Bonchev–Trinajstić information content (AvgIpc) is 2.87. The van der Waals surface area contributed by atoms with Gasteiger partial charge in [0, 0.05) is 37.4 Å². The molecule has 1 aliphatic carbocycles. The van der Waals surface area contributed by atoms with Crippen molar-refractivity contribution in [3.63, 3.8) is 0 Å². The van der Waals surface area contributed by atoms with Crippen LogP contribution >= 0.6 is 0 Å². The maximum Gasteiger partial charge on any atom is 0.0415 e. The molecule has 1 saturated heterocycles. The standard InChI is InChI=1S/C32H49N3/c1-5-6-12-28-23-34-19-20-35(28)31-18-15-26(30(33)21-24-10-8-7-9-11-24)22-29(31)25-13-16-27(17-14-25)32(2,3)4/h7-11,15,18,22,25,27-28,30,34H,5-6,12-14,16-17,19-21,23,33H2,1-4H3. The minimum atomic E-state index is 0.0371. The van der Waals surface area contributed by atoms with Gasteiger partial charge in [0.1, 0.15) is 0 Å². The van der Waals surface area contributed by atoms with E-state index in [1.165, 1.54) is 61.8 Å². The largest absolute Gasteiger partial charge is 0.366 e. The van der Waals surface area contributed by atoms with Crippen molar-refractivity contribution in [2.75, 3.05) is 24.5 Å². The summed E-state index contributed by atoms with van der Waals surface area (Å²) in [7, 11) is 0. The minimum absolute atomic E-state index is 0.0371. The lowest BCUT2D eigenvalue weighted by molar-refractivity contribution is 0.169. The molecule has 2 aromatic carbocycles. The molecule has 35 heavy (non-hydrogen) atoms. The van der Waals surface area contributed by atoms with Crippen LogP contribution in [0.2, 0.25) is 0 Å². The van der Waals surface area contributed by atoms with Gasteiger partial charge in [0.25, 0.3) is 0 Å². The van der Waals surface area contributed by atoms with Gasteiger partial charge in [0.15, 0.2) is 0 Å². The van der Waals surface area contributed by atoms with Crippen LogP contribution in [0.5, 0.6) is 0 Å². The smallest absolute Gasteiger partial charge is 0.0415 e. The summed E-state index contributed by atoms with van der Waals surface area (Å²) >= 11 is 0. The van der Waals surface area contributed by atoms with E-state index in [2.05, 4.69) is 86.4 Å². The molecule has 2 fully saturated rings. The van der Waals surface area contributed by atoms with E-state index in [0.717, 1.165) is 32.0 Å². The summed E-state index contributed by atoms with van der Waals surface area (Å²) < 4.78 is 0. The van der Waals surface area contributed by atoms with Crippen molar-refractivity contribution in [2.45, 2.75) is 97.1 Å². The summed E-state index contributed by atoms with van der Waals surface area (Å²) in [5, 5.41) is 3.66. The number of nitrogens with one attached hydrogen (secondary N) is 1. The Balaban J connectivity index is 1.62. The molecule has 0 radical (unpaired) electrons. The highest BCUT2D eigenvalue weighted by Gasteiger charge is 2.33. The molecule has 1 aliphatic heterocycles. The van der Waals surface area contributed by atoms with Crippen LogP contribution in [-0.4, -0.2) is 25.7 Å². The van der Waals surface area contributed by atoms with Crippen LogP contribution in [0.1, 0.15) is 101 Å². The topological polar surface area (TPSA) is 41.3 Å². The lowest BCUT2D eigenvalue weighted by atomic mass is 9.68. The molecule has 1 saturated carbocycles. The Bertz CT molecular complexity index is 908. The zero-order chi connectivity index (χ0) is 24.8. The monoisotopic (exact) mass is 475 g/mol. The number of anilines is 1. The van der Waals surface area contributed by atoms with Crippen molar-refractivity contribution < 1.29 is 0 Å². The maximum absolute atomic E-state index is 6.80. The summed E-state index contributed by atoms with van der Waals surface area (Å²) in [6.45, 7) is 12.9. The molecule has 0 amide bonds. The summed E-state index contributed by atoms with van der Waals surface area (Å²) in [5.74, 6) is 1.48. The molecule has 0 spiro atoms. The van der Waals surface area contributed by atoms with E-state index in [9.17, 15) is 0 Å². The van der Waals surface area contributed by atoms with E-state index in [0.29, 0.717) is 17.4 Å². The van der Waals surface area contributed by atoms with E-state index < -0.39 is 0 Å². The maximum atomic E-state index is 6.80. The molecule has 192 valence electrons. The first-order valence-corrected chi connectivity index (χ1v) is 14.3. The number of hydrogen-bond donors (Lipinski definition) is 2. The van der Waals surface area contributed by atoms with Gasteiger partial charge in [-0.1, -0.05) is 83.0 Å². The second kappa shape index (κ2) is 11.9. The highest BCUT2D eigenvalue weighted by molar-refractivity contribution is 5.58. The predicted molar refractivity (Wildman–Crippen MR) is 151 cm³/mol. The summed E-state index contributed by atoms with van der Waals surface area (Å²) in [5.41, 5.74) is 12.9. The number of rotatable bonds is 8. The molecular weight excluding hydrogens is 426 g/mol. The van der Waals surface area contributed by atoms with Crippen LogP contribution in [0, 0.1) is 11.3 Å². The highest BCUT2D eigenvalue weighted by atomic mass is 15.2. The molecule has 2 aliphatic rings. The van der Waals surface area contributed by atoms with Crippen LogP contribution in [0.15, 0.2) is 48.5 Å². The van der Waals surface area contributed by atoms with Crippen LogP contribution in [0.4, 0.5) is 5.69 Å². The molecule has 0 bridgehead atoms. The number of unbranched alkanes of at least 4 members (excludes halogenated alkanes) is 1. The lowest BCUT2D eigenvalue weighted by Gasteiger charge is -2.42. The predicted octanol–water partition coefficient (Wildman–Crippen LogP) is 7.22. The second-order valence-electron chi connectivity index (χ2n) is 12.2. The van der Waals surface area contributed by atoms with E-state index in [1.54, 1.807) is 5.56 Å². The Labute approximate surface area is 214 Å². The Kier molecular flexibility index (Phi) is 8.94. The quantitative estimate of drug-likeness (QED) is 0.423. The van der Waals surface area contributed by atoms with Gasteiger partial charge in [-0.15, -0.1) is 0 Å². The van der Waals surface area contributed by atoms with Gasteiger partial charge in [0.2, 0.25) is 0 Å². The number of nitrogens with two attached hydrogens (primary N) is 1. The van der Waals surface area contributed by atoms with E-state index in [-0.39, 0.29) is 6.04 Å². The van der Waals surface area contributed by atoms with Gasteiger partial charge in [-0.25, -0.2) is 0 Å². The highest BCUT2D eigenvalue weighted by Crippen LogP contribution is 2.46. The first-order chi connectivity index (χ1) is 16.9. The second-order valence-corrected chi connectivity index (χ2v) is 12.2. The fourth-order valence-electron chi connectivity index (χ4n) is 6.42. The Morgan fingerprint density at radius 2 is 1.77 bits per heavy atom. The van der Waals surface area contributed by atoms with Gasteiger partial charge < -0.3 is 16.0 Å². The van der Waals surface area contributed by atoms with Crippen LogP contribution in [0.25, 0.3) is 0 Å². The summed E-state index contributed by atoms with van der Waals surface area (Å²) in [4.78, 5) is 2.74. The normalized spacial score (nSPS) is 24.4. The zero-order valence-corrected chi connectivity index (χ0v) is 22.7. The van der Waals surface area contributed by atoms with Gasteiger partial charge in [0.05, 0.1) is 0 Å². The molecule has 4 rings (SSSR count). The van der Waals surface area contributed by atoms with Crippen molar-refractivity contribution in [2.24, 2.45) is 17.1 Å². The molecule has 2 aromatic rings. The first kappa shape index (κ1) is 26.2. The Morgan fingerprint density at radius 1 is 1.03 bits per heavy atom. The van der Waals surface area contributed by atoms with E-state index in [4.69, 9.17) is 5.73 Å². The molecule has 1 heterocycles. The fourth-order valence-corrected chi connectivity index (χ4v) is 6.42. The molecule has 3 N–H and O–H groups in total. The fraction of sp³-hybridized carbons (Fsp3) is 0.625. The van der Waals surface area contributed by atoms with Crippen LogP contribution < -0.4 is 16.0 Å². The molecule has 0 aromatic heterocycles. The van der Waals surface area contributed by atoms with Gasteiger partial charge >= 0.3 is 0 Å². The first-order valence-electron chi connectivity index (χ1n) is 14.3. The van der Waals surface area contributed by atoms with Crippen molar-refractivity contribution in [1.82, 2.24) is 5.32 Å². The van der Waals surface area contributed by atoms with Gasteiger partial charge in [-0.05, 0) is 78.5 Å². The van der Waals surface area contributed by atoms with Gasteiger partial charge in [-0.2, -0.15) is 0 Å². The van der Waals surface area contributed by atoms with Crippen molar-refractivity contribution in [3.8, 4) is 0 Å². The minimum Gasteiger partial charge on any atom is -0.366 e. The number of hydrogen-bond acceptors (Lipinski definition) is 3. The average molecular weight is 476 g/mol. The van der Waals surface area contributed by atoms with Crippen molar-refractivity contribution >= 4 is 5.69 Å². The van der Waals surface area contributed by atoms with Crippen molar-refractivity contribution in [1.29, 1.82) is 0 Å². The Morgan fingerprint density at radius 3 is 2.46 bits per heavy atom. The van der Waals surface area contributed by atoms with Crippen molar-refractivity contribution in [3.05, 3.63) is 65.2 Å². The molecular formula is C32H49N3. The number of piperazine rings is 1. The van der Waals surface area contributed by atoms with Gasteiger partial charge in [-0.3, -0.25) is 0 Å². The summed E-state index contributed by atoms with van der Waals surface area (Å²) in [6, 6.07) is 18.6. The lowest BCUT2D eigenvalue weighted by Crippen LogP contribution is -2.51. The SMILES string of the molecule is CCCCC1CNCCN1c1ccc(C(N)Cc2ccccc2)cc1C1CCC(C(C)(C)C)CC1.